The molecule has 0 saturated heterocycles. The van der Waals surface area contributed by atoms with Gasteiger partial charge in [0.25, 0.3) is 0 Å². The van der Waals surface area contributed by atoms with Crippen molar-refractivity contribution in [1.29, 1.82) is 0 Å². The molecule has 1 aromatic carbocycles. The number of nitrogens with one attached hydrogen (secondary N) is 1. The summed E-state index contributed by atoms with van der Waals surface area (Å²) in [7, 11) is 0. The van der Waals surface area contributed by atoms with Crippen LogP contribution in [0.25, 0.3) is 11.0 Å². The molecule has 1 heterocycles. The lowest BCUT2D eigenvalue weighted by atomic mass is 10.2. The molecule has 1 N–H and O–H groups in total. The molecule has 0 bridgehead atoms. The highest BCUT2D eigenvalue weighted by Gasteiger charge is 2.04. The van der Waals surface area contributed by atoms with Gasteiger partial charge >= 0.3 is 0 Å². The van der Waals surface area contributed by atoms with Crippen molar-refractivity contribution in [2.24, 2.45) is 0 Å². The Morgan fingerprint density at radius 1 is 1.29 bits per heavy atom. The number of hydrogen-bond donors (Lipinski definition) is 1. The first kappa shape index (κ1) is 12.5. The van der Waals surface area contributed by atoms with Crippen LogP contribution in [0.15, 0.2) is 28.7 Å². The zero-order valence-corrected chi connectivity index (χ0v) is 11.1. The van der Waals surface area contributed by atoms with E-state index in [-0.39, 0.29) is 0 Å². The fourth-order valence-corrected chi connectivity index (χ4v) is 2.03. The molecular formula is C14H18ClNO. The third kappa shape index (κ3) is 3.48. The first-order valence-electron chi connectivity index (χ1n) is 6.06. The number of aryl methyl sites for hydroxylation is 1. The van der Waals surface area contributed by atoms with E-state index in [1.54, 1.807) is 0 Å². The Kier molecular flexibility index (Phi) is 4.08. The summed E-state index contributed by atoms with van der Waals surface area (Å²) in [5, 5.41) is 5.24. The molecule has 0 atom stereocenters. The first-order valence-corrected chi connectivity index (χ1v) is 6.44. The molecular weight excluding hydrogens is 234 g/mol. The van der Waals surface area contributed by atoms with Gasteiger partial charge < -0.3 is 9.73 Å². The second-order valence-corrected chi connectivity index (χ2v) is 5.04. The van der Waals surface area contributed by atoms with E-state index in [2.05, 4.69) is 25.2 Å². The Balaban J connectivity index is 1.95. The molecule has 0 radical (unpaired) electrons. The molecule has 0 unspecified atom stereocenters. The Labute approximate surface area is 107 Å². The molecule has 1 aromatic heterocycles. The number of benzene rings is 1. The van der Waals surface area contributed by atoms with Crippen LogP contribution in [0.5, 0.6) is 0 Å². The highest BCUT2D eigenvalue weighted by atomic mass is 35.5. The van der Waals surface area contributed by atoms with E-state index in [0.717, 1.165) is 41.1 Å². The smallest absolute Gasteiger partial charge is 0.134 e. The molecule has 0 saturated carbocycles. The molecule has 0 fully saturated rings. The van der Waals surface area contributed by atoms with Crippen molar-refractivity contribution in [3.63, 3.8) is 0 Å². The molecule has 0 amide bonds. The normalized spacial score (nSPS) is 11.5. The average molecular weight is 252 g/mol. The molecule has 0 aliphatic heterocycles. The molecule has 2 aromatic rings. The van der Waals surface area contributed by atoms with E-state index in [0.29, 0.717) is 6.04 Å². The van der Waals surface area contributed by atoms with Crippen molar-refractivity contribution in [2.45, 2.75) is 32.7 Å². The summed E-state index contributed by atoms with van der Waals surface area (Å²) in [6.07, 6.45) is 2.05. The van der Waals surface area contributed by atoms with Gasteiger partial charge in [-0.1, -0.05) is 25.4 Å². The summed E-state index contributed by atoms with van der Waals surface area (Å²) in [6, 6.07) is 8.35. The standard InChI is InChI=1S/C14H18ClNO/c1-10(2)16-7-3-4-13-9-11-8-12(15)5-6-14(11)17-13/h5-6,8-10,16H,3-4,7H2,1-2H3. The first-order chi connectivity index (χ1) is 8.15. The lowest BCUT2D eigenvalue weighted by Crippen LogP contribution is -2.23. The fourth-order valence-electron chi connectivity index (χ4n) is 1.85. The van der Waals surface area contributed by atoms with Crippen LogP contribution in [-0.4, -0.2) is 12.6 Å². The summed E-state index contributed by atoms with van der Waals surface area (Å²) >= 11 is 5.94. The lowest BCUT2D eigenvalue weighted by Gasteiger charge is -2.06. The number of hydrogen-bond acceptors (Lipinski definition) is 2. The van der Waals surface area contributed by atoms with Crippen LogP contribution in [0.4, 0.5) is 0 Å². The van der Waals surface area contributed by atoms with Gasteiger partial charge in [0, 0.05) is 22.9 Å². The van der Waals surface area contributed by atoms with Gasteiger partial charge in [-0.2, -0.15) is 0 Å². The van der Waals surface area contributed by atoms with Gasteiger partial charge in [0.1, 0.15) is 11.3 Å². The van der Waals surface area contributed by atoms with Crippen LogP contribution in [0, 0.1) is 0 Å². The van der Waals surface area contributed by atoms with Crippen molar-refractivity contribution in [3.8, 4) is 0 Å². The van der Waals surface area contributed by atoms with E-state index >= 15 is 0 Å². The fraction of sp³-hybridized carbons (Fsp3) is 0.429. The minimum absolute atomic E-state index is 0.546. The van der Waals surface area contributed by atoms with Crippen molar-refractivity contribution in [2.75, 3.05) is 6.54 Å². The molecule has 3 heteroatoms. The Hall–Kier alpha value is -0.990. The second-order valence-electron chi connectivity index (χ2n) is 4.61. The van der Waals surface area contributed by atoms with Crippen molar-refractivity contribution >= 4 is 22.6 Å². The van der Waals surface area contributed by atoms with Crippen LogP contribution in [0.1, 0.15) is 26.0 Å². The maximum atomic E-state index is 5.94. The largest absolute Gasteiger partial charge is 0.461 e. The molecule has 0 aliphatic rings. The zero-order valence-electron chi connectivity index (χ0n) is 10.3. The summed E-state index contributed by atoms with van der Waals surface area (Å²) in [4.78, 5) is 0. The molecule has 2 nitrogen and oxygen atoms in total. The SMILES string of the molecule is CC(C)NCCCc1cc2cc(Cl)ccc2o1. The van der Waals surface area contributed by atoms with Crippen molar-refractivity contribution in [1.82, 2.24) is 5.32 Å². The van der Waals surface area contributed by atoms with Crippen molar-refractivity contribution < 1.29 is 4.42 Å². The van der Waals surface area contributed by atoms with Crippen LogP contribution in [0.3, 0.4) is 0 Å². The zero-order chi connectivity index (χ0) is 12.3. The highest BCUT2D eigenvalue weighted by molar-refractivity contribution is 6.31. The van der Waals surface area contributed by atoms with Crippen LogP contribution < -0.4 is 5.32 Å². The van der Waals surface area contributed by atoms with E-state index in [4.69, 9.17) is 16.0 Å². The second kappa shape index (κ2) is 5.56. The van der Waals surface area contributed by atoms with E-state index in [9.17, 15) is 0 Å². The minimum Gasteiger partial charge on any atom is -0.461 e. The van der Waals surface area contributed by atoms with Gasteiger partial charge in [0.05, 0.1) is 0 Å². The third-order valence-electron chi connectivity index (χ3n) is 2.68. The third-order valence-corrected chi connectivity index (χ3v) is 2.92. The molecule has 2 rings (SSSR count). The Bertz CT molecular complexity index is 490. The van der Waals surface area contributed by atoms with E-state index in [1.165, 1.54) is 0 Å². The van der Waals surface area contributed by atoms with Gasteiger partial charge in [-0.05, 0) is 37.2 Å². The number of halogens is 1. The molecule has 17 heavy (non-hydrogen) atoms. The van der Waals surface area contributed by atoms with Gasteiger partial charge in [-0.3, -0.25) is 0 Å². The maximum absolute atomic E-state index is 5.94. The average Bonchev–Trinajstić information content (AvgIpc) is 2.66. The monoisotopic (exact) mass is 251 g/mol. The van der Waals surface area contributed by atoms with Crippen LogP contribution >= 0.6 is 11.6 Å². The Morgan fingerprint density at radius 3 is 2.88 bits per heavy atom. The number of rotatable bonds is 5. The van der Waals surface area contributed by atoms with Gasteiger partial charge in [-0.25, -0.2) is 0 Å². The predicted octanol–water partition coefficient (Wildman–Crippen LogP) is 4.02. The quantitative estimate of drug-likeness (QED) is 0.812. The van der Waals surface area contributed by atoms with Gasteiger partial charge in [0.2, 0.25) is 0 Å². The van der Waals surface area contributed by atoms with Crippen molar-refractivity contribution in [3.05, 3.63) is 35.0 Å². The summed E-state index contributed by atoms with van der Waals surface area (Å²) < 4.78 is 5.74. The molecule has 0 spiro atoms. The van der Waals surface area contributed by atoms with E-state index < -0.39 is 0 Å². The van der Waals surface area contributed by atoms with E-state index in [1.807, 2.05) is 18.2 Å². The van der Waals surface area contributed by atoms with Crippen LogP contribution in [0.2, 0.25) is 5.02 Å². The van der Waals surface area contributed by atoms with Crippen LogP contribution in [-0.2, 0) is 6.42 Å². The molecule has 92 valence electrons. The predicted molar refractivity (Wildman–Crippen MR) is 72.7 cm³/mol. The minimum atomic E-state index is 0.546. The molecule has 0 aliphatic carbocycles. The Morgan fingerprint density at radius 2 is 2.12 bits per heavy atom. The highest BCUT2D eigenvalue weighted by Crippen LogP contribution is 2.23. The maximum Gasteiger partial charge on any atom is 0.134 e. The summed E-state index contributed by atoms with van der Waals surface area (Å²) in [6.45, 7) is 5.34. The number of furan rings is 1. The summed E-state index contributed by atoms with van der Waals surface area (Å²) in [5.41, 5.74) is 0.918. The topological polar surface area (TPSA) is 25.2 Å². The lowest BCUT2D eigenvalue weighted by molar-refractivity contribution is 0.514. The van der Waals surface area contributed by atoms with Gasteiger partial charge in [-0.15, -0.1) is 0 Å². The summed E-state index contributed by atoms with van der Waals surface area (Å²) in [5.74, 6) is 1.04. The van der Waals surface area contributed by atoms with Gasteiger partial charge in [0.15, 0.2) is 0 Å². The number of fused-ring (bicyclic) bond motifs is 1.